The number of para-hydroxylation sites is 1. The average Bonchev–Trinajstić information content (AvgIpc) is 2.68. The molecule has 2 nitrogen and oxygen atoms in total. The fourth-order valence-corrected chi connectivity index (χ4v) is 2.74. The molecule has 0 radical (unpaired) electrons. The Bertz CT molecular complexity index is 502. The molecule has 0 aliphatic carbocycles. The Morgan fingerprint density at radius 2 is 2.19 bits per heavy atom. The predicted molar refractivity (Wildman–Crippen MR) is 72.8 cm³/mol. The minimum Gasteiger partial charge on any atom is -0.342 e. The molecule has 2 aromatic rings. The van der Waals surface area contributed by atoms with E-state index in [0.717, 1.165) is 6.54 Å². The lowest BCUT2D eigenvalue weighted by molar-refractivity contribution is 0.589. The zero-order chi connectivity index (χ0) is 11.7. The highest BCUT2D eigenvalue weighted by Crippen LogP contribution is 2.29. The van der Waals surface area contributed by atoms with E-state index in [0.29, 0.717) is 6.04 Å². The highest BCUT2D eigenvalue weighted by atomic mass is 79.9. The van der Waals surface area contributed by atoms with Crippen molar-refractivity contribution in [2.45, 2.75) is 26.4 Å². The second-order valence-electron chi connectivity index (χ2n) is 4.00. The highest BCUT2D eigenvalue weighted by molar-refractivity contribution is 9.10. The molecule has 0 amide bonds. The summed E-state index contributed by atoms with van der Waals surface area (Å²) in [5.74, 6) is 0. The Kier molecular flexibility index (Phi) is 3.36. The van der Waals surface area contributed by atoms with E-state index in [1.165, 1.54) is 21.1 Å². The molecule has 1 aromatic heterocycles. The molecule has 1 N–H and O–H groups in total. The van der Waals surface area contributed by atoms with Crippen LogP contribution in [0, 0.1) is 0 Å². The average molecular weight is 281 g/mol. The maximum atomic E-state index is 3.63. The number of aryl methyl sites for hydroxylation is 1. The number of nitrogens with zero attached hydrogens (tertiary/aromatic N) is 1. The number of nitrogens with one attached hydrogen (secondary N) is 1. The molecule has 0 spiro atoms. The van der Waals surface area contributed by atoms with E-state index >= 15 is 0 Å². The molecule has 1 atom stereocenters. The van der Waals surface area contributed by atoms with Crippen molar-refractivity contribution in [1.29, 1.82) is 0 Å². The minimum absolute atomic E-state index is 0.374. The van der Waals surface area contributed by atoms with Crippen LogP contribution in [-0.2, 0) is 6.54 Å². The van der Waals surface area contributed by atoms with Gasteiger partial charge in [0.25, 0.3) is 0 Å². The van der Waals surface area contributed by atoms with Gasteiger partial charge in [0, 0.05) is 28.1 Å². The first-order chi connectivity index (χ1) is 7.69. The first-order valence-corrected chi connectivity index (χ1v) is 6.43. The maximum absolute atomic E-state index is 3.63. The van der Waals surface area contributed by atoms with Gasteiger partial charge in [-0.05, 0) is 49.0 Å². The van der Waals surface area contributed by atoms with Gasteiger partial charge in [-0.3, -0.25) is 0 Å². The summed E-state index contributed by atoms with van der Waals surface area (Å²) < 4.78 is 3.53. The van der Waals surface area contributed by atoms with Gasteiger partial charge in [-0.2, -0.15) is 0 Å². The number of rotatable bonds is 3. The van der Waals surface area contributed by atoms with Crippen LogP contribution in [0.1, 0.15) is 25.6 Å². The van der Waals surface area contributed by atoms with E-state index in [4.69, 9.17) is 0 Å². The molecule has 1 heterocycles. The van der Waals surface area contributed by atoms with Crippen molar-refractivity contribution in [1.82, 2.24) is 9.88 Å². The van der Waals surface area contributed by atoms with Crippen molar-refractivity contribution in [2.24, 2.45) is 0 Å². The third-order valence-electron chi connectivity index (χ3n) is 3.10. The normalized spacial score (nSPS) is 13.2. The zero-order valence-electron chi connectivity index (χ0n) is 9.92. The van der Waals surface area contributed by atoms with Gasteiger partial charge >= 0.3 is 0 Å². The van der Waals surface area contributed by atoms with Crippen LogP contribution >= 0.6 is 15.9 Å². The SMILES string of the molecule is CCn1c(C(C)NC)cc2cccc(Br)c21. The first kappa shape index (κ1) is 11.7. The Morgan fingerprint density at radius 1 is 1.44 bits per heavy atom. The van der Waals surface area contributed by atoms with Crippen molar-refractivity contribution in [2.75, 3.05) is 7.05 Å². The summed E-state index contributed by atoms with van der Waals surface area (Å²) in [6, 6.07) is 8.99. The van der Waals surface area contributed by atoms with Gasteiger partial charge in [0.05, 0.1) is 5.52 Å². The summed E-state index contributed by atoms with van der Waals surface area (Å²) in [5.41, 5.74) is 2.63. The van der Waals surface area contributed by atoms with E-state index in [1.54, 1.807) is 0 Å². The van der Waals surface area contributed by atoms with Gasteiger partial charge in [0.2, 0.25) is 0 Å². The Labute approximate surface area is 105 Å². The molecule has 3 heteroatoms. The maximum Gasteiger partial charge on any atom is 0.0627 e. The van der Waals surface area contributed by atoms with E-state index in [-0.39, 0.29) is 0 Å². The van der Waals surface area contributed by atoms with Crippen LogP contribution in [0.3, 0.4) is 0 Å². The van der Waals surface area contributed by atoms with Crippen molar-refractivity contribution < 1.29 is 0 Å². The number of hydrogen-bond donors (Lipinski definition) is 1. The standard InChI is InChI=1S/C13H17BrN2/c1-4-16-12(9(2)15-3)8-10-6-5-7-11(14)13(10)16/h5-9,15H,4H2,1-3H3. The second kappa shape index (κ2) is 4.60. The van der Waals surface area contributed by atoms with Crippen LogP contribution in [0.25, 0.3) is 10.9 Å². The number of aromatic nitrogens is 1. The quantitative estimate of drug-likeness (QED) is 0.907. The monoisotopic (exact) mass is 280 g/mol. The summed E-state index contributed by atoms with van der Waals surface area (Å²) in [7, 11) is 2.00. The van der Waals surface area contributed by atoms with Crippen molar-refractivity contribution in [3.8, 4) is 0 Å². The molecule has 0 fully saturated rings. The third kappa shape index (κ3) is 1.78. The van der Waals surface area contributed by atoms with Crippen LogP contribution in [-0.4, -0.2) is 11.6 Å². The molecule has 0 saturated carbocycles. The van der Waals surface area contributed by atoms with Crippen LogP contribution in [0.2, 0.25) is 0 Å². The molecule has 1 unspecified atom stereocenters. The van der Waals surface area contributed by atoms with Gasteiger partial charge in [0.1, 0.15) is 0 Å². The van der Waals surface area contributed by atoms with Gasteiger partial charge in [-0.1, -0.05) is 12.1 Å². The summed E-state index contributed by atoms with van der Waals surface area (Å²) in [4.78, 5) is 0. The first-order valence-electron chi connectivity index (χ1n) is 5.64. The van der Waals surface area contributed by atoms with Crippen molar-refractivity contribution in [3.63, 3.8) is 0 Å². The fourth-order valence-electron chi connectivity index (χ4n) is 2.15. The highest BCUT2D eigenvalue weighted by Gasteiger charge is 2.13. The largest absolute Gasteiger partial charge is 0.342 e. The minimum atomic E-state index is 0.374. The molecule has 1 aromatic carbocycles. The predicted octanol–water partition coefficient (Wildman–Crippen LogP) is 3.70. The molecule has 0 bridgehead atoms. The van der Waals surface area contributed by atoms with Crippen LogP contribution in [0.5, 0.6) is 0 Å². The lowest BCUT2D eigenvalue weighted by Crippen LogP contribution is -2.16. The van der Waals surface area contributed by atoms with Crippen molar-refractivity contribution in [3.05, 3.63) is 34.4 Å². The summed E-state index contributed by atoms with van der Waals surface area (Å²) in [5, 5.41) is 4.60. The lowest BCUT2D eigenvalue weighted by atomic mass is 10.2. The van der Waals surface area contributed by atoms with E-state index in [2.05, 4.69) is 63.9 Å². The van der Waals surface area contributed by atoms with Gasteiger partial charge in [0.15, 0.2) is 0 Å². The number of fused-ring (bicyclic) bond motifs is 1. The molecule has 16 heavy (non-hydrogen) atoms. The van der Waals surface area contributed by atoms with Crippen LogP contribution in [0.15, 0.2) is 28.7 Å². The molecule has 0 aliphatic heterocycles. The molecular weight excluding hydrogens is 264 g/mol. The van der Waals surface area contributed by atoms with Gasteiger partial charge < -0.3 is 9.88 Å². The second-order valence-corrected chi connectivity index (χ2v) is 4.86. The van der Waals surface area contributed by atoms with Crippen LogP contribution < -0.4 is 5.32 Å². The third-order valence-corrected chi connectivity index (χ3v) is 3.74. The van der Waals surface area contributed by atoms with E-state index in [1.807, 2.05) is 7.05 Å². The molecular formula is C13H17BrN2. The smallest absolute Gasteiger partial charge is 0.0627 e. The topological polar surface area (TPSA) is 17.0 Å². The molecule has 0 saturated heterocycles. The molecule has 86 valence electrons. The number of hydrogen-bond acceptors (Lipinski definition) is 1. The van der Waals surface area contributed by atoms with Gasteiger partial charge in [-0.25, -0.2) is 0 Å². The Morgan fingerprint density at radius 3 is 2.81 bits per heavy atom. The van der Waals surface area contributed by atoms with E-state index < -0.39 is 0 Å². The summed E-state index contributed by atoms with van der Waals surface area (Å²) >= 11 is 3.63. The lowest BCUT2D eigenvalue weighted by Gasteiger charge is -2.14. The van der Waals surface area contributed by atoms with E-state index in [9.17, 15) is 0 Å². The molecule has 2 rings (SSSR count). The van der Waals surface area contributed by atoms with Crippen LogP contribution in [0.4, 0.5) is 0 Å². The Balaban J connectivity index is 2.72. The number of benzene rings is 1. The van der Waals surface area contributed by atoms with Gasteiger partial charge in [-0.15, -0.1) is 0 Å². The fraction of sp³-hybridized carbons (Fsp3) is 0.385. The number of halogens is 1. The zero-order valence-corrected chi connectivity index (χ0v) is 11.5. The Hall–Kier alpha value is -0.800. The summed E-state index contributed by atoms with van der Waals surface area (Å²) in [6.45, 7) is 5.37. The molecule has 0 aliphatic rings. The van der Waals surface area contributed by atoms with Crippen molar-refractivity contribution >= 4 is 26.8 Å². The summed E-state index contributed by atoms with van der Waals surface area (Å²) in [6.07, 6.45) is 0.